The fourth-order valence-corrected chi connectivity index (χ4v) is 4.12. The third-order valence-corrected chi connectivity index (χ3v) is 5.56. The Kier molecular flexibility index (Phi) is 5.55. The Labute approximate surface area is 172 Å². The van der Waals surface area contributed by atoms with E-state index in [0.29, 0.717) is 17.9 Å². The summed E-state index contributed by atoms with van der Waals surface area (Å²) in [6.07, 6.45) is 0. The smallest absolute Gasteiger partial charge is 0.133 e. The largest absolute Gasteiger partial charge is 0.396 e. The van der Waals surface area contributed by atoms with Gasteiger partial charge in [-0.05, 0) is 24.1 Å². The molecule has 5 nitrogen and oxygen atoms in total. The molecule has 5 heteroatoms. The number of nitrogen functional groups attached to an aromatic ring is 1. The molecule has 0 saturated carbocycles. The zero-order chi connectivity index (χ0) is 20.2. The Morgan fingerprint density at radius 2 is 1.62 bits per heavy atom. The number of hydrogen-bond donors (Lipinski definition) is 1. The summed E-state index contributed by atoms with van der Waals surface area (Å²) >= 11 is 0. The molecule has 3 aromatic rings. The summed E-state index contributed by atoms with van der Waals surface area (Å²) in [5.41, 5.74) is 11.4. The van der Waals surface area contributed by atoms with Gasteiger partial charge in [0.2, 0.25) is 0 Å². The van der Waals surface area contributed by atoms with Crippen LogP contribution in [-0.2, 0) is 13.1 Å². The second kappa shape index (κ2) is 8.42. The van der Waals surface area contributed by atoms with Gasteiger partial charge in [-0.15, -0.1) is 0 Å². The van der Waals surface area contributed by atoms with Crippen LogP contribution in [0.3, 0.4) is 0 Å². The van der Waals surface area contributed by atoms with E-state index >= 15 is 0 Å². The van der Waals surface area contributed by atoms with Crippen molar-refractivity contribution in [3.8, 4) is 6.07 Å². The lowest BCUT2D eigenvalue weighted by Crippen LogP contribution is -2.46. The summed E-state index contributed by atoms with van der Waals surface area (Å²) in [5, 5.41) is 9.64. The summed E-state index contributed by atoms with van der Waals surface area (Å²) in [7, 11) is 0. The van der Waals surface area contributed by atoms with Gasteiger partial charge in [-0.25, -0.2) is 0 Å². The molecule has 0 aliphatic carbocycles. The Morgan fingerprint density at radius 3 is 2.31 bits per heavy atom. The Hall–Kier alpha value is -3.23. The van der Waals surface area contributed by atoms with Crippen LogP contribution in [0.25, 0.3) is 0 Å². The van der Waals surface area contributed by atoms with E-state index in [1.165, 1.54) is 16.7 Å². The van der Waals surface area contributed by atoms with Gasteiger partial charge >= 0.3 is 0 Å². The number of rotatable bonds is 5. The number of nitriles is 1. The fraction of sp³-hybridized carbons (Fsp3) is 0.292. The topological polar surface area (TPSA) is 61.2 Å². The summed E-state index contributed by atoms with van der Waals surface area (Å²) in [4.78, 5) is 4.80. The van der Waals surface area contributed by atoms with Crippen LogP contribution >= 0.6 is 0 Å². The molecule has 0 amide bonds. The van der Waals surface area contributed by atoms with Crippen LogP contribution in [0.1, 0.15) is 22.4 Å². The van der Waals surface area contributed by atoms with Crippen molar-refractivity contribution in [2.24, 2.45) is 0 Å². The summed E-state index contributed by atoms with van der Waals surface area (Å²) < 4.78 is 2.07. The fourth-order valence-electron chi connectivity index (χ4n) is 4.12. The Bertz CT molecular complexity index is 1010. The minimum atomic E-state index is 0.616. The molecule has 2 heterocycles. The maximum atomic E-state index is 9.64. The zero-order valence-corrected chi connectivity index (χ0v) is 16.9. The zero-order valence-electron chi connectivity index (χ0n) is 16.9. The van der Waals surface area contributed by atoms with Crippen LogP contribution < -0.4 is 10.6 Å². The molecule has 0 atom stereocenters. The number of anilines is 2. The first-order valence-corrected chi connectivity index (χ1v) is 10.1. The SMILES string of the molecule is Cc1cccc(Cn2c(C#N)cc(N)c2N2CCN(Cc3ccccc3)CC2)c1. The van der Waals surface area contributed by atoms with Crippen molar-refractivity contribution >= 4 is 11.5 Å². The van der Waals surface area contributed by atoms with Gasteiger partial charge in [0, 0.05) is 32.7 Å². The molecule has 4 rings (SSSR count). The number of benzene rings is 2. The van der Waals surface area contributed by atoms with Gasteiger partial charge in [-0.1, -0.05) is 60.2 Å². The molecule has 0 radical (unpaired) electrons. The standard InChI is InChI=1S/C24H27N5/c1-19-6-5-9-21(14-19)18-29-22(16-25)15-23(26)24(29)28-12-10-27(11-13-28)17-20-7-3-2-4-8-20/h2-9,14-15H,10-13,17-18,26H2,1H3. The number of nitrogens with zero attached hydrogens (tertiary/aromatic N) is 4. The second-order valence-electron chi connectivity index (χ2n) is 7.74. The number of piperazine rings is 1. The first-order valence-electron chi connectivity index (χ1n) is 10.1. The van der Waals surface area contributed by atoms with Crippen molar-refractivity contribution in [2.75, 3.05) is 36.8 Å². The molecule has 1 aliphatic heterocycles. The molecule has 1 aliphatic rings. The van der Waals surface area contributed by atoms with Crippen molar-refractivity contribution in [2.45, 2.75) is 20.0 Å². The number of aromatic nitrogens is 1. The van der Waals surface area contributed by atoms with E-state index in [1.54, 1.807) is 0 Å². The molecule has 2 aromatic carbocycles. The van der Waals surface area contributed by atoms with Crippen molar-refractivity contribution in [1.29, 1.82) is 5.26 Å². The third-order valence-electron chi connectivity index (χ3n) is 5.56. The lowest BCUT2D eigenvalue weighted by Gasteiger charge is -2.36. The van der Waals surface area contributed by atoms with E-state index in [2.05, 4.69) is 82.0 Å². The van der Waals surface area contributed by atoms with Gasteiger partial charge in [-0.3, -0.25) is 4.90 Å². The van der Waals surface area contributed by atoms with Gasteiger partial charge < -0.3 is 15.2 Å². The Balaban J connectivity index is 1.51. The second-order valence-corrected chi connectivity index (χ2v) is 7.74. The van der Waals surface area contributed by atoms with Gasteiger partial charge in [0.15, 0.2) is 0 Å². The molecule has 1 aromatic heterocycles. The minimum absolute atomic E-state index is 0.616. The first kappa shape index (κ1) is 19.1. The lowest BCUT2D eigenvalue weighted by atomic mass is 10.1. The molecule has 29 heavy (non-hydrogen) atoms. The normalized spacial score (nSPS) is 14.7. The molecule has 0 bridgehead atoms. The quantitative estimate of drug-likeness (QED) is 0.729. The molecular weight excluding hydrogens is 358 g/mol. The average Bonchev–Trinajstić information content (AvgIpc) is 3.04. The van der Waals surface area contributed by atoms with Crippen LogP contribution in [0.5, 0.6) is 0 Å². The molecule has 0 spiro atoms. The monoisotopic (exact) mass is 385 g/mol. The van der Waals surface area contributed by atoms with Crippen molar-refractivity contribution in [1.82, 2.24) is 9.47 Å². The van der Waals surface area contributed by atoms with E-state index in [0.717, 1.165) is 38.5 Å². The van der Waals surface area contributed by atoms with E-state index in [1.807, 2.05) is 6.07 Å². The van der Waals surface area contributed by atoms with Gasteiger partial charge in [0.05, 0.1) is 12.2 Å². The third kappa shape index (κ3) is 4.28. The molecule has 2 N–H and O–H groups in total. The minimum Gasteiger partial charge on any atom is -0.396 e. The van der Waals surface area contributed by atoms with E-state index in [9.17, 15) is 5.26 Å². The highest BCUT2D eigenvalue weighted by atomic mass is 15.3. The van der Waals surface area contributed by atoms with Gasteiger partial charge in [0.25, 0.3) is 0 Å². The van der Waals surface area contributed by atoms with Gasteiger partial charge in [0.1, 0.15) is 17.6 Å². The highest BCUT2D eigenvalue weighted by Gasteiger charge is 2.23. The van der Waals surface area contributed by atoms with Crippen molar-refractivity contribution < 1.29 is 0 Å². The maximum Gasteiger partial charge on any atom is 0.133 e. The summed E-state index contributed by atoms with van der Waals surface area (Å²) in [6, 6.07) is 23.1. The first-order chi connectivity index (χ1) is 14.1. The van der Waals surface area contributed by atoms with Gasteiger partial charge in [-0.2, -0.15) is 5.26 Å². The highest BCUT2D eigenvalue weighted by molar-refractivity contribution is 5.68. The predicted octanol–water partition coefficient (Wildman–Crippen LogP) is 3.62. The predicted molar refractivity (Wildman–Crippen MR) is 118 cm³/mol. The molecule has 0 unspecified atom stereocenters. The molecular formula is C24H27N5. The number of aryl methyl sites for hydroxylation is 1. The van der Waals surface area contributed by atoms with E-state index in [-0.39, 0.29) is 0 Å². The van der Waals surface area contributed by atoms with E-state index in [4.69, 9.17) is 5.73 Å². The van der Waals surface area contributed by atoms with Crippen LogP contribution in [-0.4, -0.2) is 35.6 Å². The molecule has 1 fully saturated rings. The molecule has 1 saturated heterocycles. The Morgan fingerprint density at radius 1 is 0.897 bits per heavy atom. The summed E-state index contributed by atoms with van der Waals surface area (Å²) in [5.74, 6) is 0.974. The number of hydrogen-bond acceptors (Lipinski definition) is 4. The lowest BCUT2D eigenvalue weighted by molar-refractivity contribution is 0.249. The average molecular weight is 386 g/mol. The maximum absolute atomic E-state index is 9.64. The van der Waals surface area contributed by atoms with Crippen LogP contribution in [0.4, 0.5) is 11.5 Å². The number of nitrogens with two attached hydrogens (primary N) is 1. The van der Waals surface area contributed by atoms with Crippen LogP contribution in [0.2, 0.25) is 0 Å². The summed E-state index contributed by atoms with van der Waals surface area (Å²) in [6.45, 7) is 7.47. The van der Waals surface area contributed by atoms with Crippen molar-refractivity contribution in [3.63, 3.8) is 0 Å². The van der Waals surface area contributed by atoms with Crippen LogP contribution in [0.15, 0.2) is 60.7 Å². The van der Waals surface area contributed by atoms with E-state index < -0.39 is 0 Å². The van der Waals surface area contributed by atoms with Crippen molar-refractivity contribution in [3.05, 3.63) is 83.0 Å². The highest BCUT2D eigenvalue weighted by Crippen LogP contribution is 2.30. The molecule has 148 valence electrons. The van der Waals surface area contributed by atoms with Crippen LogP contribution in [0, 0.1) is 18.3 Å².